The predicted octanol–water partition coefficient (Wildman–Crippen LogP) is 12.6. The Kier molecular flexibility index (Phi) is 6.18. The van der Waals surface area contributed by atoms with E-state index in [-0.39, 0.29) is 5.41 Å². The minimum absolute atomic E-state index is 0.270. The smallest absolute Gasteiger partial charge is 0.0963 e. The third kappa shape index (κ3) is 4.01. The van der Waals surface area contributed by atoms with Gasteiger partial charge in [-0.05, 0) is 117 Å². The first-order chi connectivity index (χ1) is 28.3. The summed E-state index contributed by atoms with van der Waals surface area (Å²) in [4.78, 5) is 9.44. The van der Waals surface area contributed by atoms with Crippen LogP contribution >= 0.6 is 0 Å². The first kappa shape index (κ1) is 31.0. The fourth-order valence-electron chi connectivity index (χ4n) is 10.9. The Balaban J connectivity index is 0.961. The zero-order chi connectivity index (χ0) is 37.2. The lowest BCUT2D eigenvalue weighted by Crippen LogP contribution is -2.32. The summed E-state index contributed by atoms with van der Waals surface area (Å²) in [5.74, 6) is 0.327. The molecule has 0 radical (unpaired) electrons. The molecule has 0 amide bonds. The molecule has 6 aromatic carbocycles. The Morgan fingerprint density at radius 3 is 1.98 bits per heavy atom. The molecule has 3 aliphatic carbocycles. The highest BCUT2D eigenvalue weighted by atomic mass is 15.0. The Bertz CT molecular complexity index is 3320. The van der Waals surface area contributed by atoms with E-state index in [4.69, 9.17) is 4.98 Å². The molecule has 2 atom stereocenters. The minimum atomic E-state index is -0.270. The molecule has 0 saturated heterocycles. The Morgan fingerprint density at radius 1 is 0.509 bits per heavy atom. The number of hydrogen-bond donors (Lipinski definition) is 0. The lowest BCUT2D eigenvalue weighted by molar-refractivity contribution is 0.495. The maximum absolute atomic E-state index is 5.02. The van der Waals surface area contributed by atoms with Crippen molar-refractivity contribution in [3.8, 4) is 33.6 Å². The molecular formula is C53H34N4. The molecule has 57 heavy (non-hydrogen) atoms. The van der Waals surface area contributed by atoms with Crippen molar-refractivity contribution in [2.24, 2.45) is 5.92 Å². The van der Waals surface area contributed by atoms with E-state index >= 15 is 0 Å². The van der Waals surface area contributed by atoms with Crippen molar-refractivity contribution in [2.75, 3.05) is 0 Å². The van der Waals surface area contributed by atoms with Crippen LogP contribution in [-0.2, 0) is 5.41 Å². The second-order valence-corrected chi connectivity index (χ2v) is 15.7. The monoisotopic (exact) mass is 726 g/mol. The normalized spacial score (nSPS) is 17.7. The highest BCUT2D eigenvalue weighted by Crippen LogP contribution is 2.65. The molecule has 4 aromatic heterocycles. The highest BCUT2D eigenvalue weighted by Gasteiger charge is 2.56. The van der Waals surface area contributed by atoms with Gasteiger partial charge in [-0.15, -0.1) is 0 Å². The summed E-state index contributed by atoms with van der Waals surface area (Å²) in [6.45, 7) is 0. The van der Waals surface area contributed by atoms with Gasteiger partial charge in [-0.1, -0.05) is 109 Å². The largest absolute Gasteiger partial charge is 0.309 e. The Labute approximate surface area is 329 Å². The van der Waals surface area contributed by atoms with E-state index in [0.717, 1.165) is 34.3 Å². The van der Waals surface area contributed by atoms with Crippen LogP contribution in [0.5, 0.6) is 0 Å². The van der Waals surface area contributed by atoms with Crippen LogP contribution in [0, 0.1) is 5.92 Å². The zero-order valence-corrected chi connectivity index (χ0v) is 31.0. The van der Waals surface area contributed by atoms with Gasteiger partial charge in [0.1, 0.15) is 0 Å². The molecule has 266 valence electrons. The molecule has 3 aliphatic rings. The van der Waals surface area contributed by atoms with Crippen molar-refractivity contribution in [3.05, 3.63) is 211 Å². The molecule has 10 aromatic rings. The summed E-state index contributed by atoms with van der Waals surface area (Å²) in [7, 11) is 0. The van der Waals surface area contributed by atoms with E-state index in [1.165, 1.54) is 77.3 Å². The van der Waals surface area contributed by atoms with Crippen LogP contribution in [0.3, 0.4) is 0 Å². The SMILES string of the molecule is C1=CCC2C(=C1)c1ccccc1C21c2ccccc2-c2cc3c4ncccc4n(-c4ccc(-c5ccc(-n6c7ccccc7c7cnccc76)cc5)cc4)c3cc21. The van der Waals surface area contributed by atoms with E-state index in [2.05, 4.69) is 184 Å². The van der Waals surface area contributed by atoms with E-state index in [1.54, 1.807) is 0 Å². The molecule has 13 rings (SSSR count). The zero-order valence-electron chi connectivity index (χ0n) is 31.0. The van der Waals surface area contributed by atoms with Gasteiger partial charge in [0, 0.05) is 52.0 Å². The van der Waals surface area contributed by atoms with Crippen molar-refractivity contribution in [1.82, 2.24) is 19.1 Å². The molecule has 4 nitrogen and oxygen atoms in total. The van der Waals surface area contributed by atoms with Gasteiger partial charge in [-0.2, -0.15) is 0 Å². The van der Waals surface area contributed by atoms with Crippen molar-refractivity contribution in [3.63, 3.8) is 0 Å². The predicted molar refractivity (Wildman–Crippen MR) is 233 cm³/mol. The molecule has 0 saturated carbocycles. The Hall–Kier alpha value is -7.30. The molecule has 4 heterocycles. The van der Waals surface area contributed by atoms with Crippen molar-refractivity contribution in [2.45, 2.75) is 11.8 Å². The van der Waals surface area contributed by atoms with Gasteiger partial charge in [0.2, 0.25) is 0 Å². The molecule has 1 spiro atoms. The molecule has 4 heteroatoms. The minimum Gasteiger partial charge on any atom is -0.309 e. The van der Waals surface area contributed by atoms with Crippen LogP contribution in [-0.4, -0.2) is 19.1 Å². The van der Waals surface area contributed by atoms with Gasteiger partial charge in [-0.3, -0.25) is 9.97 Å². The molecule has 0 aliphatic heterocycles. The number of para-hydroxylation sites is 1. The molecule has 0 fully saturated rings. The summed E-state index contributed by atoms with van der Waals surface area (Å²) in [6, 6.07) is 56.2. The van der Waals surface area contributed by atoms with E-state index < -0.39 is 0 Å². The highest BCUT2D eigenvalue weighted by molar-refractivity contribution is 6.11. The maximum Gasteiger partial charge on any atom is 0.0963 e. The summed E-state index contributed by atoms with van der Waals surface area (Å²) >= 11 is 0. The van der Waals surface area contributed by atoms with Crippen LogP contribution in [0.2, 0.25) is 0 Å². The van der Waals surface area contributed by atoms with E-state index in [1.807, 2.05) is 18.6 Å². The lowest BCUT2D eigenvalue weighted by atomic mass is 9.65. The second kappa shape index (κ2) is 11.4. The summed E-state index contributed by atoms with van der Waals surface area (Å²) < 4.78 is 4.76. The molecular weight excluding hydrogens is 693 g/mol. The summed E-state index contributed by atoms with van der Waals surface area (Å²) in [6.07, 6.45) is 13.7. The Morgan fingerprint density at radius 2 is 1.18 bits per heavy atom. The van der Waals surface area contributed by atoms with Crippen LogP contribution in [0.15, 0.2) is 188 Å². The molecule has 0 bridgehead atoms. The molecule has 0 N–H and O–H groups in total. The summed E-state index contributed by atoms with van der Waals surface area (Å²) in [5.41, 5.74) is 19.8. The standard InChI is InChI=1S/C53H34N4/c1-5-14-44-37(10-1)38-11-2-6-15-45(38)53(44)46-16-7-3-12-39(46)41-30-42-51(31-47(41)53)57(50-18-9-28-55-52(42)50)36-25-21-34(22-26-36)33-19-23-35(24-20-33)56-48-17-8-4-13-40(48)43-32-54-29-27-49(43)56/h1-14,16-32,45H,15H2. The quantitative estimate of drug-likeness (QED) is 0.182. The number of rotatable bonds is 3. The van der Waals surface area contributed by atoms with Crippen LogP contribution < -0.4 is 0 Å². The average Bonchev–Trinajstić information content (AvgIpc) is 3.98. The van der Waals surface area contributed by atoms with Crippen molar-refractivity contribution < 1.29 is 0 Å². The number of pyridine rings is 2. The third-order valence-electron chi connectivity index (χ3n) is 13.1. The lowest BCUT2D eigenvalue weighted by Gasteiger charge is -2.36. The summed E-state index contributed by atoms with van der Waals surface area (Å²) in [5, 5.41) is 3.56. The molecule has 2 unspecified atom stereocenters. The second-order valence-electron chi connectivity index (χ2n) is 15.7. The van der Waals surface area contributed by atoms with Gasteiger partial charge in [0.15, 0.2) is 0 Å². The fraction of sp³-hybridized carbons (Fsp3) is 0.0566. The van der Waals surface area contributed by atoms with Gasteiger partial charge in [-0.25, -0.2) is 0 Å². The van der Waals surface area contributed by atoms with Crippen molar-refractivity contribution in [1.29, 1.82) is 0 Å². The first-order valence-electron chi connectivity index (χ1n) is 19.8. The van der Waals surface area contributed by atoms with Gasteiger partial charge >= 0.3 is 0 Å². The van der Waals surface area contributed by atoms with Gasteiger partial charge in [0.05, 0.1) is 33.0 Å². The van der Waals surface area contributed by atoms with Crippen LogP contribution in [0.25, 0.3) is 82.9 Å². The maximum atomic E-state index is 5.02. The van der Waals surface area contributed by atoms with Crippen molar-refractivity contribution >= 4 is 49.3 Å². The number of hydrogen-bond acceptors (Lipinski definition) is 2. The fourth-order valence-corrected chi connectivity index (χ4v) is 10.9. The number of allylic oxidation sites excluding steroid dienone is 4. The number of benzene rings is 6. The average molecular weight is 727 g/mol. The first-order valence-corrected chi connectivity index (χ1v) is 19.8. The third-order valence-corrected chi connectivity index (χ3v) is 13.1. The van der Waals surface area contributed by atoms with E-state index in [0.29, 0.717) is 5.92 Å². The van der Waals surface area contributed by atoms with Gasteiger partial charge in [0.25, 0.3) is 0 Å². The number of fused-ring (bicyclic) bond motifs is 16. The topological polar surface area (TPSA) is 35.6 Å². The van der Waals surface area contributed by atoms with E-state index in [9.17, 15) is 0 Å². The number of aromatic nitrogens is 4. The van der Waals surface area contributed by atoms with Crippen LogP contribution in [0.4, 0.5) is 0 Å². The van der Waals surface area contributed by atoms with Crippen LogP contribution in [0.1, 0.15) is 28.7 Å². The van der Waals surface area contributed by atoms with Gasteiger partial charge < -0.3 is 9.13 Å². The number of nitrogens with zero attached hydrogens (tertiary/aromatic N) is 4.